The van der Waals surface area contributed by atoms with Crippen LogP contribution in [0.1, 0.15) is 24.3 Å². The van der Waals surface area contributed by atoms with Crippen molar-refractivity contribution in [3.8, 4) is 0 Å². The zero-order valence-corrected chi connectivity index (χ0v) is 7.50. The van der Waals surface area contributed by atoms with Crippen molar-refractivity contribution in [3.63, 3.8) is 0 Å². The first-order chi connectivity index (χ1) is 6.11. The normalized spacial score (nSPS) is 10.5. The zero-order chi connectivity index (χ0) is 9.84. The highest BCUT2D eigenvalue weighted by atomic mass is 19.1. The van der Waals surface area contributed by atoms with Gasteiger partial charge in [0.05, 0.1) is 12.9 Å². The Balaban J connectivity index is 2.54. The number of aromatic nitrogens is 2. The van der Waals surface area contributed by atoms with Gasteiger partial charge in [0.1, 0.15) is 0 Å². The number of hydrogen-bond acceptors (Lipinski definition) is 3. The third-order valence-electron chi connectivity index (χ3n) is 1.33. The van der Waals surface area contributed by atoms with Crippen molar-refractivity contribution in [3.05, 3.63) is 18.0 Å². The summed E-state index contributed by atoms with van der Waals surface area (Å²) in [6.07, 6.45) is 1.11. The fraction of sp³-hybridized carbons (Fsp3) is 0.500. The topological polar surface area (TPSA) is 55.0 Å². The molecule has 0 radical (unpaired) electrons. The minimum atomic E-state index is -0.756. The molecule has 13 heavy (non-hydrogen) atoms. The maximum atomic E-state index is 12.7. The first-order valence-electron chi connectivity index (χ1n) is 3.97. The molecule has 1 heterocycles. The highest BCUT2D eigenvalue weighted by molar-refractivity contribution is 5.87. The first kappa shape index (κ1) is 9.70. The van der Waals surface area contributed by atoms with Crippen LogP contribution in [-0.4, -0.2) is 22.5 Å². The van der Waals surface area contributed by atoms with Crippen LogP contribution >= 0.6 is 0 Å². The van der Waals surface area contributed by atoms with Gasteiger partial charge < -0.3 is 9.72 Å². The Kier molecular flexibility index (Phi) is 3.00. The average molecular weight is 186 g/mol. The molecular formula is C8H11FN2O2. The Morgan fingerprint density at radius 2 is 2.46 bits per heavy atom. The minimum Gasteiger partial charge on any atom is -0.461 e. The number of rotatable bonds is 3. The summed E-state index contributed by atoms with van der Waals surface area (Å²) in [5.41, 5.74) is -0.291. The van der Waals surface area contributed by atoms with Crippen molar-refractivity contribution in [1.82, 2.24) is 9.97 Å². The molecule has 0 spiro atoms. The molecule has 0 fully saturated rings. The molecule has 0 amide bonds. The number of halogens is 1. The number of imidazole rings is 1. The number of ether oxygens (including phenoxy) is 1. The number of hydrogen-bond donors (Lipinski definition) is 1. The molecule has 0 aliphatic heterocycles. The van der Waals surface area contributed by atoms with Gasteiger partial charge in [0.15, 0.2) is 0 Å². The van der Waals surface area contributed by atoms with E-state index in [4.69, 9.17) is 4.74 Å². The van der Waals surface area contributed by atoms with E-state index in [-0.39, 0.29) is 18.2 Å². The van der Waals surface area contributed by atoms with Crippen molar-refractivity contribution in [2.75, 3.05) is 6.61 Å². The van der Waals surface area contributed by atoms with E-state index >= 15 is 0 Å². The summed E-state index contributed by atoms with van der Waals surface area (Å²) in [7, 11) is 0. The van der Waals surface area contributed by atoms with Gasteiger partial charge in [-0.1, -0.05) is 13.8 Å². The second-order valence-electron chi connectivity index (χ2n) is 3.06. The second-order valence-corrected chi connectivity index (χ2v) is 3.06. The molecule has 0 aromatic carbocycles. The third kappa shape index (κ3) is 2.54. The van der Waals surface area contributed by atoms with Crippen LogP contribution in [0.2, 0.25) is 0 Å². The molecule has 4 nitrogen and oxygen atoms in total. The minimum absolute atomic E-state index is 0.228. The van der Waals surface area contributed by atoms with Crippen molar-refractivity contribution < 1.29 is 13.9 Å². The Morgan fingerprint density at radius 1 is 1.77 bits per heavy atom. The summed E-state index contributed by atoms with van der Waals surface area (Å²) in [6, 6.07) is 0. The average Bonchev–Trinajstić information content (AvgIpc) is 2.47. The van der Waals surface area contributed by atoms with Crippen molar-refractivity contribution in [2.24, 2.45) is 5.92 Å². The Labute approximate surface area is 75.1 Å². The van der Waals surface area contributed by atoms with Gasteiger partial charge in [-0.05, 0) is 5.92 Å². The molecule has 1 rings (SSSR count). The summed E-state index contributed by atoms with van der Waals surface area (Å²) in [6.45, 7) is 4.06. The maximum Gasteiger partial charge on any atom is 0.361 e. The molecule has 1 aromatic heterocycles. The lowest BCUT2D eigenvalue weighted by Gasteiger charge is -2.04. The molecule has 1 aromatic rings. The molecule has 0 aliphatic rings. The Morgan fingerprint density at radius 3 is 2.92 bits per heavy atom. The van der Waals surface area contributed by atoms with E-state index in [0.717, 1.165) is 6.33 Å². The van der Waals surface area contributed by atoms with Gasteiger partial charge in [0.25, 0.3) is 0 Å². The summed E-state index contributed by atoms with van der Waals surface area (Å²) < 4.78 is 17.5. The summed E-state index contributed by atoms with van der Waals surface area (Å²) in [5.74, 6) is -1.26. The predicted molar refractivity (Wildman–Crippen MR) is 43.7 cm³/mol. The van der Waals surface area contributed by atoms with Crippen LogP contribution in [0.25, 0.3) is 0 Å². The van der Waals surface area contributed by atoms with Crippen LogP contribution in [0.15, 0.2) is 6.33 Å². The van der Waals surface area contributed by atoms with Crippen LogP contribution in [0.4, 0.5) is 4.39 Å². The van der Waals surface area contributed by atoms with Crippen molar-refractivity contribution in [2.45, 2.75) is 13.8 Å². The lowest BCUT2D eigenvalue weighted by atomic mass is 10.2. The SMILES string of the molecule is CC(C)COC(=O)c1nc[nH]c1F. The number of aromatic amines is 1. The lowest BCUT2D eigenvalue weighted by molar-refractivity contribution is 0.0447. The molecule has 1 N–H and O–H groups in total. The molecule has 0 bridgehead atoms. The standard InChI is InChI=1S/C8H11FN2O2/c1-5(2)3-13-8(12)6-7(9)11-4-10-6/h4-5H,3H2,1-2H3,(H,10,11). The van der Waals surface area contributed by atoms with Gasteiger partial charge in [-0.3, -0.25) is 0 Å². The lowest BCUT2D eigenvalue weighted by Crippen LogP contribution is -2.11. The molecule has 0 saturated heterocycles. The van der Waals surface area contributed by atoms with Crippen molar-refractivity contribution >= 4 is 5.97 Å². The summed E-state index contributed by atoms with van der Waals surface area (Å²) in [5, 5.41) is 0. The number of H-pyrrole nitrogens is 1. The summed E-state index contributed by atoms with van der Waals surface area (Å²) in [4.78, 5) is 16.7. The van der Waals surface area contributed by atoms with E-state index in [9.17, 15) is 9.18 Å². The van der Waals surface area contributed by atoms with Gasteiger partial charge in [-0.25, -0.2) is 9.78 Å². The maximum absolute atomic E-state index is 12.7. The second kappa shape index (κ2) is 4.02. The molecule has 5 heteroatoms. The smallest absolute Gasteiger partial charge is 0.361 e. The molecule has 72 valence electrons. The number of nitrogens with one attached hydrogen (secondary N) is 1. The zero-order valence-electron chi connectivity index (χ0n) is 7.50. The third-order valence-corrected chi connectivity index (χ3v) is 1.33. The largest absolute Gasteiger partial charge is 0.461 e. The number of nitrogens with zero attached hydrogens (tertiary/aromatic N) is 1. The highest BCUT2D eigenvalue weighted by Gasteiger charge is 2.16. The monoisotopic (exact) mass is 186 g/mol. The van der Waals surface area contributed by atoms with Crippen LogP contribution in [0.5, 0.6) is 0 Å². The van der Waals surface area contributed by atoms with Gasteiger partial charge in [0, 0.05) is 0 Å². The van der Waals surface area contributed by atoms with E-state index in [1.807, 2.05) is 13.8 Å². The molecule has 0 atom stereocenters. The van der Waals surface area contributed by atoms with Crippen LogP contribution in [0.3, 0.4) is 0 Å². The van der Waals surface area contributed by atoms with E-state index in [1.54, 1.807) is 0 Å². The van der Waals surface area contributed by atoms with Crippen LogP contribution in [0, 0.1) is 11.9 Å². The highest BCUT2D eigenvalue weighted by Crippen LogP contribution is 2.03. The van der Waals surface area contributed by atoms with Gasteiger partial charge in [-0.15, -0.1) is 0 Å². The fourth-order valence-corrected chi connectivity index (χ4v) is 0.732. The number of carbonyl (C=O) groups excluding carboxylic acids is 1. The predicted octanol–water partition coefficient (Wildman–Crippen LogP) is 1.36. The Hall–Kier alpha value is -1.39. The molecule has 0 saturated carbocycles. The van der Waals surface area contributed by atoms with Gasteiger partial charge in [0.2, 0.25) is 11.6 Å². The molecular weight excluding hydrogens is 175 g/mol. The summed E-state index contributed by atoms with van der Waals surface area (Å²) >= 11 is 0. The van der Waals surface area contributed by atoms with Crippen LogP contribution < -0.4 is 0 Å². The van der Waals surface area contributed by atoms with Gasteiger partial charge >= 0.3 is 5.97 Å². The van der Waals surface area contributed by atoms with E-state index in [2.05, 4.69) is 9.97 Å². The van der Waals surface area contributed by atoms with E-state index in [0.29, 0.717) is 0 Å². The number of esters is 1. The first-order valence-corrected chi connectivity index (χ1v) is 3.97. The fourth-order valence-electron chi connectivity index (χ4n) is 0.732. The van der Waals surface area contributed by atoms with E-state index < -0.39 is 11.9 Å². The molecule has 0 aliphatic carbocycles. The van der Waals surface area contributed by atoms with Crippen molar-refractivity contribution in [1.29, 1.82) is 0 Å². The molecule has 0 unspecified atom stereocenters. The van der Waals surface area contributed by atoms with E-state index in [1.165, 1.54) is 0 Å². The van der Waals surface area contributed by atoms with Crippen LogP contribution in [-0.2, 0) is 4.74 Å². The van der Waals surface area contributed by atoms with Gasteiger partial charge in [-0.2, -0.15) is 4.39 Å². The Bertz CT molecular complexity index is 296. The quantitative estimate of drug-likeness (QED) is 0.725. The number of carbonyl (C=O) groups is 1.